The van der Waals surface area contributed by atoms with E-state index in [-0.39, 0.29) is 48.5 Å². The zero-order valence-electron chi connectivity index (χ0n) is 17.4. The minimum Gasteiger partial charge on any atom is -0.465 e. The molecule has 0 unspecified atom stereocenters. The number of carbonyl (C=O) groups is 4. The maximum Gasteiger partial charge on any atom is 0.339 e. The van der Waals surface area contributed by atoms with Crippen molar-refractivity contribution < 1.29 is 38.1 Å². The number of nitrogens with zero attached hydrogens (tertiary/aromatic N) is 1. The van der Waals surface area contributed by atoms with Crippen LogP contribution < -0.4 is 14.8 Å². The van der Waals surface area contributed by atoms with E-state index in [1.54, 1.807) is 18.2 Å². The van der Waals surface area contributed by atoms with E-state index in [0.29, 0.717) is 17.1 Å². The molecule has 2 heterocycles. The van der Waals surface area contributed by atoms with Gasteiger partial charge in [-0.3, -0.25) is 9.59 Å². The van der Waals surface area contributed by atoms with Gasteiger partial charge in [-0.15, -0.1) is 0 Å². The molecule has 1 fully saturated rings. The van der Waals surface area contributed by atoms with Crippen molar-refractivity contribution in [2.24, 2.45) is 5.92 Å². The Morgan fingerprint density at radius 1 is 0.906 bits per heavy atom. The molecule has 0 aromatic heterocycles. The van der Waals surface area contributed by atoms with Gasteiger partial charge < -0.3 is 29.2 Å². The average molecular weight is 440 g/mol. The van der Waals surface area contributed by atoms with Gasteiger partial charge in [0.1, 0.15) is 0 Å². The van der Waals surface area contributed by atoms with Crippen molar-refractivity contribution >= 4 is 29.4 Å². The number of hydrogen-bond acceptors (Lipinski definition) is 8. The summed E-state index contributed by atoms with van der Waals surface area (Å²) in [5.74, 6) is -1.27. The van der Waals surface area contributed by atoms with E-state index in [0.717, 1.165) is 0 Å². The number of rotatable bonds is 5. The molecule has 0 radical (unpaired) electrons. The van der Waals surface area contributed by atoms with Crippen LogP contribution in [0.25, 0.3) is 0 Å². The van der Waals surface area contributed by atoms with Crippen LogP contribution in [0.15, 0.2) is 36.4 Å². The second kappa shape index (κ2) is 8.58. The number of likely N-dealkylation sites (tertiary alicyclic amines) is 1. The summed E-state index contributed by atoms with van der Waals surface area (Å²) in [6.07, 6.45) is 0. The minimum atomic E-state index is -0.662. The summed E-state index contributed by atoms with van der Waals surface area (Å²) >= 11 is 0. The number of amides is 2. The Morgan fingerprint density at radius 3 is 2.31 bits per heavy atom. The predicted octanol–water partition coefficient (Wildman–Crippen LogP) is 1.70. The fourth-order valence-electron chi connectivity index (χ4n) is 3.44. The highest BCUT2D eigenvalue weighted by molar-refractivity contribution is 6.05. The van der Waals surface area contributed by atoms with E-state index in [1.165, 1.54) is 37.3 Å². The van der Waals surface area contributed by atoms with Crippen molar-refractivity contribution in [3.05, 3.63) is 53.1 Å². The number of esters is 2. The maximum absolute atomic E-state index is 12.7. The Hall–Kier alpha value is -4.08. The lowest BCUT2D eigenvalue weighted by Gasteiger charge is -2.38. The molecule has 0 bridgehead atoms. The van der Waals surface area contributed by atoms with Crippen LogP contribution in [0, 0.1) is 5.92 Å². The number of fused-ring (bicyclic) bond motifs is 1. The Kier molecular flexibility index (Phi) is 5.67. The summed E-state index contributed by atoms with van der Waals surface area (Å²) in [5, 5.41) is 2.66. The molecule has 0 atom stereocenters. The summed E-state index contributed by atoms with van der Waals surface area (Å²) in [4.78, 5) is 50.8. The van der Waals surface area contributed by atoms with Gasteiger partial charge in [-0.1, -0.05) is 0 Å². The van der Waals surface area contributed by atoms with Gasteiger partial charge in [-0.05, 0) is 36.4 Å². The lowest BCUT2D eigenvalue weighted by atomic mass is 9.97. The van der Waals surface area contributed by atoms with Crippen LogP contribution in [-0.2, 0) is 14.3 Å². The van der Waals surface area contributed by atoms with Gasteiger partial charge in [-0.2, -0.15) is 0 Å². The van der Waals surface area contributed by atoms with Crippen LogP contribution in [0.5, 0.6) is 11.5 Å². The van der Waals surface area contributed by atoms with Crippen LogP contribution in [0.2, 0.25) is 0 Å². The third kappa shape index (κ3) is 3.94. The van der Waals surface area contributed by atoms with Gasteiger partial charge in [0.2, 0.25) is 12.7 Å². The van der Waals surface area contributed by atoms with Crippen LogP contribution in [0.4, 0.5) is 5.69 Å². The molecular formula is C22H20N2O8. The standard InChI is InChI=1S/C22H20N2O8/c1-29-21(27)13-3-5-15(22(28)30-2)16(7-13)23-19(25)14-9-24(10-14)20(26)12-4-6-17-18(8-12)32-11-31-17/h3-8,14H,9-11H2,1-2H3,(H,23,25). The van der Waals surface area contributed by atoms with E-state index >= 15 is 0 Å². The van der Waals surface area contributed by atoms with Gasteiger partial charge in [0, 0.05) is 18.7 Å². The Balaban J connectivity index is 1.42. The molecule has 0 saturated carbocycles. The predicted molar refractivity (Wildman–Crippen MR) is 110 cm³/mol. The van der Waals surface area contributed by atoms with Crippen LogP contribution in [0.3, 0.4) is 0 Å². The first-order valence-electron chi connectivity index (χ1n) is 9.71. The number of methoxy groups -OCH3 is 2. The number of benzene rings is 2. The smallest absolute Gasteiger partial charge is 0.339 e. The first-order chi connectivity index (χ1) is 15.4. The highest BCUT2D eigenvalue weighted by atomic mass is 16.7. The quantitative estimate of drug-likeness (QED) is 0.698. The van der Waals surface area contributed by atoms with Gasteiger partial charge in [-0.25, -0.2) is 9.59 Å². The lowest BCUT2D eigenvalue weighted by molar-refractivity contribution is -0.123. The van der Waals surface area contributed by atoms with Crippen molar-refractivity contribution in [1.29, 1.82) is 0 Å². The SMILES string of the molecule is COC(=O)c1ccc(C(=O)OC)c(NC(=O)C2CN(C(=O)c3ccc4c(c3)OCO4)C2)c1. The molecule has 2 aromatic rings. The molecule has 10 heteroatoms. The van der Waals surface area contributed by atoms with Crippen molar-refractivity contribution in [2.75, 3.05) is 39.4 Å². The Labute approximate surface area is 183 Å². The second-order valence-electron chi connectivity index (χ2n) is 7.21. The van der Waals surface area contributed by atoms with Crippen molar-refractivity contribution in [3.8, 4) is 11.5 Å². The monoisotopic (exact) mass is 440 g/mol. The van der Waals surface area contributed by atoms with E-state index in [2.05, 4.69) is 10.1 Å². The molecule has 1 saturated heterocycles. The van der Waals surface area contributed by atoms with E-state index in [9.17, 15) is 19.2 Å². The summed E-state index contributed by atoms with van der Waals surface area (Å²) in [6, 6.07) is 9.06. The number of anilines is 1. The number of ether oxygens (including phenoxy) is 4. The largest absolute Gasteiger partial charge is 0.465 e. The molecule has 2 aromatic carbocycles. The van der Waals surface area contributed by atoms with Gasteiger partial charge in [0.15, 0.2) is 11.5 Å². The Bertz CT molecular complexity index is 1110. The highest BCUT2D eigenvalue weighted by Gasteiger charge is 2.37. The summed E-state index contributed by atoms with van der Waals surface area (Å²) in [7, 11) is 2.45. The van der Waals surface area contributed by atoms with E-state index < -0.39 is 17.9 Å². The van der Waals surface area contributed by atoms with Crippen LogP contribution >= 0.6 is 0 Å². The van der Waals surface area contributed by atoms with Crippen LogP contribution in [0.1, 0.15) is 31.1 Å². The molecule has 10 nitrogen and oxygen atoms in total. The topological polar surface area (TPSA) is 120 Å². The molecule has 1 N–H and O–H groups in total. The first kappa shape index (κ1) is 21.2. The average Bonchev–Trinajstić information content (AvgIpc) is 3.24. The van der Waals surface area contributed by atoms with E-state index in [4.69, 9.17) is 14.2 Å². The summed E-state index contributed by atoms with van der Waals surface area (Å²) in [5.41, 5.74) is 0.835. The number of nitrogens with one attached hydrogen (secondary N) is 1. The molecule has 2 amide bonds. The second-order valence-corrected chi connectivity index (χ2v) is 7.21. The van der Waals surface area contributed by atoms with Crippen molar-refractivity contribution in [2.45, 2.75) is 0 Å². The Morgan fingerprint density at radius 2 is 1.59 bits per heavy atom. The molecule has 32 heavy (non-hydrogen) atoms. The molecule has 0 spiro atoms. The van der Waals surface area contributed by atoms with E-state index in [1.807, 2.05) is 0 Å². The first-order valence-corrected chi connectivity index (χ1v) is 9.71. The van der Waals surface area contributed by atoms with Crippen molar-refractivity contribution in [3.63, 3.8) is 0 Å². The maximum atomic E-state index is 12.7. The summed E-state index contributed by atoms with van der Waals surface area (Å²) < 4.78 is 20.0. The third-order valence-corrected chi connectivity index (χ3v) is 5.26. The highest BCUT2D eigenvalue weighted by Crippen LogP contribution is 2.33. The van der Waals surface area contributed by atoms with Gasteiger partial charge >= 0.3 is 11.9 Å². The van der Waals surface area contributed by atoms with Crippen molar-refractivity contribution in [1.82, 2.24) is 4.90 Å². The molecule has 0 aliphatic carbocycles. The number of carbonyl (C=O) groups excluding carboxylic acids is 4. The molecule has 2 aliphatic rings. The lowest BCUT2D eigenvalue weighted by Crippen LogP contribution is -2.54. The zero-order valence-corrected chi connectivity index (χ0v) is 17.4. The number of hydrogen-bond donors (Lipinski definition) is 1. The molecular weight excluding hydrogens is 420 g/mol. The van der Waals surface area contributed by atoms with Gasteiger partial charge in [0.05, 0.1) is 37.0 Å². The fraction of sp³-hybridized carbons (Fsp3) is 0.273. The molecule has 166 valence electrons. The fourth-order valence-corrected chi connectivity index (χ4v) is 3.44. The zero-order chi connectivity index (χ0) is 22.8. The third-order valence-electron chi connectivity index (χ3n) is 5.26. The van der Waals surface area contributed by atoms with Gasteiger partial charge in [0.25, 0.3) is 5.91 Å². The molecule has 4 rings (SSSR count). The summed E-state index contributed by atoms with van der Waals surface area (Å²) in [6.45, 7) is 0.538. The van der Waals surface area contributed by atoms with Crippen LogP contribution in [-0.4, -0.2) is 62.8 Å². The minimum absolute atomic E-state index is 0.0983. The normalized spacial score (nSPS) is 14.4. The molecule has 2 aliphatic heterocycles.